The van der Waals surface area contributed by atoms with Crippen LogP contribution in [0.3, 0.4) is 0 Å². The molecule has 0 spiro atoms. The molecule has 0 aliphatic heterocycles. The topological polar surface area (TPSA) is 52.9 Å². The molecule has 0 unspecified atom stereocenters. The van der Waals surface area contributed by atoms with Gasteiger partial charge in [0, 0.05) is 5.92 Å². The SMILES string of the molecule is CC(C)C(=O)N[C@H](C)c1cc(C#N)cc(C(F)(F)F)c1. The van der Waals surface area contributed by atoms with Crippen molar-refractivity contribution in [2.24, 2.45) is 5.92 Å². The van der Waals surface area contributed by atoms with Gasteiger partial charge in [0.05, 0.1) is 23.2 Å². The van der Waals surface area contributed by atoms with Crippen LogP contribution in [0.5, 0.6) is 0 Å². The van der Waals surface area contributed by atoms with Gasteiger partial charge >= 0.3 is 6.18 Å². The lowest BCUT2D eigenvalue weighted by Crippen LogP contribution is -2.30. The van der Waals surface area contributed by atoms with Crippen LogP contribution in [0.4, 0.5) is 13.2 Å². The van der Waals surface area contributed by atoms with E-state index in [2.05, 4.69) is 5.32 Å². The smallest absolute Gasteiger partial charge is 0.349 e. The minimum atomic E-state index is -4.52. The zero-order chi connectivity index (χ0) is 15.5. The average Bonchev–Trinajstić information content (AvgIpc) is 2.36. The first kappa shape index (κ1) is 16.0. The van der Waals surface area contributed by atoms with Gasteiger partial charge < -0.3 is 5.32 Å². The number of rotatable bonds is 3. The fourth-order valence-corrected chi connectivity index (χ4v) is 1.59. The molecule has 0 saturated heterocycles. The zero-order valence-corrected chi connectivity index (χ0v) is 11.4. The van der Waals surface area contributed by atoms with Crippen molar-refractivity contribution >= 4 is 5.91 Å². The van der Waals surface area contributed by atoms with E-state index in [1.54, 1.807) is 26.8 Å². The Morgan fingerprint density at radius 2 is 1.85 bits per heavy atom. The van der Waals surface area contributed by atoms with Crippen LogP contribution in [-0.4, -0.2) is 5.91 Å². The van der Waals surface area contributed by atoms with Crippen LogP contribution in [-0.2, 0) is 11.0 Å². The summed E-state index contributed by atoms with van der Waals surface area (Å²) in [5, 5.41) is 11.4. The molecule has 0 heterocycles. The first-order valence-corrected chi connectivity index (χ1v) is 6.07. The van der Waals surface area contributed by atoms with Gasteiger partial charge in [-0.15, -0.1) is 0 Å². The van der Waals surface area contributed by atoms with Gasteiger partial charge in [0.1, 0.15) is 0 Å². The Labute approximate surface area is 115 Å². The third-order valence-electron chi connectivity index (χ3n) is 2.79. The first-order valence-electron chi connectivity index (χ1n) is 6.07. The second kappa shape index (κ2) is 5.95. The van der Waals surface area contributed by atoms with Gasteiger partial charge in [0.25, 0.3) is 0 Å². The normalized spacial score (nSPS) is 12.9. The van der Waals surface area contributed by atoms with Crippen LogP contribution in [0.2, 0.25) is 0 Å². The average molecular weight is 284 g/mol. The number of amides is 1. The van der Waals surface area contributed by atoms with Crippen molar-refractivity contribution in [2.45, 2.75) is 33.0 Å². The molecule has 20 heavy (non-hydrogen) atoms. The summed E-state index contributed by atoms with van der Waals surface area (Å²) in [5.74, 6) is -0.521. The maximum atomic E-state index is 12.7. The van der Waals surface area contributed by atoms with E-state index in [4.69, 9.17) is 5.26 Å². The number of nitrogens with zero attached hydrogens (tertiary/aromatic N) is 1. The molecule has 1 aromatic rings. The summed E-state index contributed by atoms with van der Waals surface area (Å²) >= 11 is 0. The molecule has 1 aromatic carbocycles. The Kier molecular flexibility index (Phi) is 4.77. The third-order valence-corrected chi connectivity index (χ3v) is 2.79. The van der Waals surface area contributed by atoms with Crippen molar-refractivity contribution in [3.05, 3.63) is 34.9 Å². The van der Waals surface area contributed by atoms with Gasteiger partial charge in [-0.3, -0.25) is 4.79 Å². The molecule has 108 valence electrons. The lowest BCUT2D eigenvalue weighted by molar-refractivity contribution is -0.137. The Hall–Kier alpha value is -2.03. The third kappa shape index (κ3) is 3.98. The van der Waals surface area contributed by atoms with E-state index in [0.717, 1.165) is 12.1 Å². The molecular formula is C14H15F3N2O. The largest absolute Gasteiger partial charge is 0.416 e. The molecule has 0 radical (unpaired) electrons. The van der Waals surface area contributed by atoms with E-state index in [9.17, 15) is 18.0 Å². The summed E-state index contributed by atoms with van der Waals surface area (Å²) in [7, 11) is 0. The fraction of sp³-hybridized carbons (Fsp3) is 0.429. The fourth-order valence-electron chi connectivity index (χ4n) is 1.59. The molecule has 1 amide bonds. The molecule has 0 bridgehead atoms. The van der Waals surface area contributed by atoms with E-state index in [0.29, 0.717) is 0 Å². The van der Waals surface area contributed by atoms with E-state index < -0.39 is 17.8 Å². The molecule has 0 aliphatic rings. The molecule has 0 saturated carbocycles. The predicted octanol–water partition coefficient (Wildman–Crippen LogP) is 3.41. The number of nitriles is 1. The molecule has 0 aromatic heterocycles. The highest BCUT2D eigenvalue weighted by Gasteiger charge is 2.31. The van der Waals surface area contributed by atoms with Crippen LogP contribution in [0.25, 0.3) is 0 Å². The number of hydrogen-bond donors (Lipinski definition) is 1. The van der Waals surface area contributed by atoms with Gasteiger partial charge in [-0.25, -0.2) is 0 Å². The quantitative estimate of drug-likeness (QED) is 0.924. The van der Waals surface area contributed by atoms with Crippen molar-refractivity contribution in [3.63, 3.8) is 0 Å². The minimum Gasteiger partial charge on any atom is -0.349 e. The number of hydrogen-bond acceptors (Lipinski definition) is 2. The Morgan fingerprint density at radius 3 is 2.30 bits per heavy atom. The maximum Gasteiger partial charge on any atom is 0.416 e. The number of carbonyl (C=O) groups excluding carboxylic acids is 1. The standard InChI is InChI=1S/C14H15F3N2O/c1-8(2)13(20)19-9(3)11-4-10(7-18)5-12(6-11)14(15,16)17/h4-6,8-9H,1-3H3,(H,19,20)/t9-/m1/s1. The van der Waals surface area contributed by atoms with Gasteiger partial charge in [0.15, 0.2) is 0 Å². The first-order chi connectivity index (χ1) is 9.15. The molecule has 1 rings (SSSR count). The van der Waals surface area contributed by atoms with Crippen molar-refractivity contribution in [2.75, 3.05) is 0 Å². The van der Waals surface area contributed by atoms with Gasteiger partial charge in [0.2, 0.25) is 5.91 Å². The van der Waals surface area contributed by atoms with E-state index in [-0.39, 0.29) is 23.0 Å². The maximum absolute atomic E-state index is 12.7. The van der Waals surface area contributed by atoms with Crippen molar-refractivity contribution in [1.29, 1.82) is 5.26 Å². The highest BCUT2D eigenvalue weighted by molar-refractivity contribution is 5.78. The predicted molar refractivity (Wildman–Crippen MR) is 67.6 cm³/mol. The van der Waals surface area contributed by atoms with Crippen molar-refractivity contribution < 1.29 is 18.0 Å². The Bertz CT molecular complexity index is 544. The van der Waals surface area contributed by atoms with Crippen molar-refractivity contribution in [1.82, 2.24) is 5.32 Å². The number of benzene rings is 1. The number of nitrogens with one attached hydrogen (secondary N) is 1. The number of halogens is 3. The molecule has 0 fully saturated rings. The Morgan fingerprint density at radius 1 is 1.25 bits per heavy atom. The molecule has 6 heteroatoms. The van der Waals surface area contributed by atoms with Crippen molar-refractivity contribution in [3.8, 4) is 6.07 Å². The van der Waals surface area contributed by atoms with Crippen LogP contribution in [0, 0.1) is 17.2 Å². The zero-order valence-electron chi connectivity index (χ0n) is 11.4. The lowest BCUT2D eigenvalue weighted by Gasteiger charge is -2.18. The van der Waals surface area contributed by atoms with E-state index in [1.807, 2.05) is 0 Å². The molecular weight excluding hydrogens is 269 g/mol. The summed E-state index contributed by atoms with van der Waals surface area (Å²) in [6.07, 6.45) is -4.52. The van der Waals surface area contributed by atoms with Crippen LogP contribution < -0.4 is 5.32 Å². The van der Waals surface area contributed by atoms with E-state index in [1.165, 1.54) is 6.07 Å². The molecule has 1 N–H and O–H groups in total. The monoisotopic (exact) mass is 284 g/mol. The van der Waals surface area contributed by atoms with Crippen LogP contribution in [0.15, 0.2) is 18.2 Å². The number of alkyl halides is 3. The highest BCUT2D eigenvalue weighted by atomic mass is 19.4. The summed E-state index contributed by atoms with van der Waals surface area (Å²) in [5.41, 5.74) is -0.719. The summed E-state index contributed by atoms with van der Waals surface area (Å²) in [6.45, 7) is 4.96. The van der Waals surface area contributed by atoms with Gasteiger partial charge in [-0.1, -0.05) is 13.8 Å². The summed E-state index contributed by atoms with van der Waals surface area (Å²) in [6, 6.07) is 4.19. The Balaban J connectivity index is 3.12. The number of carbonyl (C=O) groups is 1. The van der Waals surface area contributed by atoms with E-state index >= 15 is 0 Å². The lowest BCUT2D eigenvalue weighted by atomic mass is 10.0. The second-order valence-corrected chi connectivity index (χ2v) is 4.84. The summed E-state index contributed by atoms with van der Waals surface area (Å²) in [4.78, 5) is 11.6. The minimum absolute atomic E-state index is 0.0829. The molecule has 0 aliphatic carbocycles. The second-order valence-electron chi connectivity index (χ2n) is 4.84. The highest BCUT2D eigenvalue weighted by Crippen LogP contribution is 2.31. The molecule has 1 atom stereocenters. The van der Waals surface area contributed by atoms with Gasteiger partial charge in [-0.2, -0.15) is 18.4 Å². The van der Waals surface area contributed by atoms with Crippen LogP contribution in [0.1, 0.15) is 43.5 Å². The molecule has 3 nitrogen and oxygen atoms in total. The van der Waals surface area contributed by atoms with Crippen LogP contribution >= 0.6 is 0 Å². The summed E-state index contributed by atoms with van der Waals surface area (Å²) < 4.78 is 38.2. The van der Waals surface area contributed by atoms with Gasteiger partial charge in [-0.05, 0) is 30.7 Å².